The molecule has 2 aliphatic heterocycles. The lowest BCUT2D eigenvalue weighted by atomic mass is 9.74. The van der Waals surface area contributed by atoms with E-state index in [1.54, 1.807) is 0 Å². The number of pyridine rings is 1. The molecule has 128 valence electrons. The highest BCUT2D eigenvalue weighted by Gasteiger charge is 2.40. The maximum Gasteiger partial charge on any atom is 0.0537 e. The Morgan fingerprint density at radius 3 is 3.00 bits per heavy atom. The smallest absolute Gasteiger partial charge is 0.0537 e. The summed E-state index contributed by atoms with van der Waals surface area (Å²) in [5.41, 5.74) is 6.87. The van der Waals surface area contributed by atoms with Crippen LogP contribution < -0.4 is 5.32 Å². The van der Waals surface area contributed by atoms with Crippen molar-refractivity contribution in [3.8, 4) is 0 Å². The highest BCUT2D eigenvalue weighted by molar-refractivity contribution is 7.80. The number of hydrogen-bond donors (Lipinski definition) is 2. The van der Waals surface area contributed by atoms with Crippen molar-refractivity contribution in [3.05, 3.63) is 65.5 Å². The van der Waals surface area contributed by atoms with Crippen LogP contribution in [0.4, 0.5) is 5.69 Å². The third kappa shape index (κ3) is 2.42. The lowest BCUT2D eigenvalue weighted by molar-refractivity contribution is 0.225. The predicted octanol–water partition coefficient (Wildman–Crippen LogP) is 3.98. The molecular formula is C21H23N3S. The zero-order valence-corrected chi connectivity index (χ0v) is 15.3. The molecule has 0 saturated heterocycles. The largest absolute Gasteiger partial charge is 0.384 e. The maximum absolute atomic E-state index is 4.93. The molecule has 0 spiro atoms. The molecule has 4 atom stereocenters. The zero-order chi connectivity index (χ0) is 17.0. The van der Waals surface area contributed by atoms with Crippen LogP contribution in [0.5, 0.6) is 0 Å². The number of nitrogens with zero attached hydrogens (tertiary/aromatic N) is 2. The van der Waals surface area contributed by atoms with Crippen LogP contribution in [0, 0.1) is 5.92 Å². The SMILES string of the molecule is CN1CC(C(S)c2ccccn2)C=C2c3cccc4c3C(CN4)C[C@H]21. The van der Waals surface area contributed by atoms with Gasteiger partial charge in [-0.05, 0) is 48.4 Å². The van der Waals surface area contributed by atoms with Crippen molar-refractivity contribution in [1.29, 1.82) is 0 Å². The normalized spacial score (nSPS) is 28.6. The second-order valence-electron chi connectivity index (χ2n) is 7.52. The summed E-state index contributed by atoms with van der Waals surface area (Å²) in [4.78, 5) is 7.06. The average molecular weight is 350 g/mol. The topological polar surface area (TPSA) is 28.2 Å². The number of nitrogens with one attached hydrogen (secondary N) is 1. The minimum absolute atomic E-state index is 0.129. The standard InChI is InChI=1S/C21H23N3S/c1-24-12-14(21(25)18-6-2-3-8-22-18)9-16-15-5-4-7-17-20(15)13(11-23-17)10-19(16)24/h2-9,13-14,19,21,23,25H,10-12H2,1H3/t13?,14?,19-,21?/m1/s1. The number of rotatable bonds is 2. The fourth-order valence-electron chi connectivity index (χ4n) is 4.85. The van der Waals surface area contributed by atoms with Gasteiger partial charge in [0.15, 0.2) is 0 Å². The lowest BCUT2D eigenvalue weighted by Gasteiger charge is -2.43. The first-order valence-corrected chi connectivity index (χ1v) is 9.62. The first-order valence-electron chi connectivity index (χ1n) is 9.10. The quantitative estimate of drug-likeness (QED) is 0.804. The first-order chi connectivity index (χ1) is 12.2. The Labute approximate surface area is 154 Å². The molecule has 1 aromatic heterocycles. The highest BCUT2D eigenvalue weighted by atomic mass is 32.1. The number of fused-ring (bicyclic) bond motifs is 2. The van der Waals surface area contributed by atoms with Crippen molar-refractivity contribution >= 4 is 23.9 Å². The van der Waals surface area contributed by atoms with Crippen LogP contribution in [0.1, 0.15) is 34.4 Å². The molecule has 0 fully saturated rings. The molecule has 5 rings (SSSR count). The van der Waals surface area contributed by atoms with Crippen LogP contribution in [0.3, 0.4) is 0 Å². The Morgan fingerprint density at radius 1 is 1.24 bits per heavy atom. The molecule has 1 aliphatic carbocycles. The van der Waals surface area contributed by atoms with Gasteiger partial charge in [-0.1, -0.05) is 24.3 Å². The molecule has 0 amide bonds. The van der Waals surface area contributed by atoms with Crippen LogP contribution in [0.25, 0.3) is 5.57 Å². The maximum atomic E-state index is 4.93. The lowest BCUT2D eigenvalue weighted by Crippen LogP contribution is -2.43. The Bertz CT molecular complexity index is 832. The number of likely N-dealkylation sites (N-methyl/N-ethyl adjacent to an activating group) is 1. The summed E-state index contributed by atoms with van der Waals surface area (Å²) in [7, 11) is 2.26. The Hall–Kier alpha value is -1.78. The van der Waals surface area contributed by atoms with E-state index in [4.69, 9.17) is 12.6 Å². The molecule has 1 aromatic carbocycles. The van der Waals surface area contributed by atoms with Crippen molar-refractivity contribution in [3.63, 3.8) is 0 Å². The Morgan fingerprint density at radius 2 is 2.16 bits per heavy atom. The number of thiol groups is 1. The predicted molar refractivity (Wildman–Crippen MR) is 106 cm³/mol. The molecule has 3 nitrogen and oxygen atoms in total. The summed E-state index contributed by atoms with van der Waals surface area (Å²) in [6.07, 6.45) is 5.57. The molecular weight excluding hydrogens is 326 g/mol. The number of anilines is 1. The molecule has 0 saturated carbocycles. The van der Waals surface area contributed by atoms with Crippen molar-refractivity contribution in [1.82, 2.24) is 9.88 Å². The van der Waals surface area contributed by atoms with Crippen molar-refractivity contribution in [2.24, 2.45) is 5.92 Å². The van der Waals surface area contributed by atoms with E-state index in [1.807, 2.05) is 12.3 Å². The number of aromatic nitrogens is 1. The fraction of sp³-hybridized carbons (Fsp3) is 0.381. The zero-order valence-electron chi connectivity index (χ0n) is 14.4. The van der Waals surface area contributed by atoms with E-state index >= 15 is 0 Å². The molecule has 0 radical (unpaired) electrons. The fourth-order valence-corrected chi connectivity index (χ4v) is 5.18. The van der Waals surface area contributed by atoms with E-state index in [1.165, 1.54) is 28.8 Å². The van der Waals surface area contributed by atoms with Gasteiger partial charge in [0, 0.05) is 42.9 Å². The van der Waals surface area contributed by atoms with Gasteiger partial charge in [0.2, 0.25) is 0 Å². The first kappa shape index (κ1) is 15.5. The second kappa shape index (κ2) is 5.89. The minimum Gasteiger partial charge on any atom is -0.384 e. The van der Waals surface area contributed by atoms with E-state index in [2.05, 4.69) is 58.7 Å². The summed E-state index contributed by atoms with van der Waals surface area (Å²) in [6, 6.07) is 13.3. The summed E-state index contributed by atoms with van der Waals surface area (Å²) in [6.45, 7) is 2.12. The molecule has 25 heavy (non-hydrogen) atoms. The number of benzene rings is 1. The second-order valence-corrected chi connectivity index (χ2v) is 8.08. The van der Waals surface area contributed by atoms with Gasteiger partial charge in [-0.25, -0.2) is 0 Å². The van der Waals surface area contributed by atoms with E-state index in [-0.39, 0.29) is 5.25 Å². The summed E-state index contributed by atoms with van der Waals surface area (Å²) in [5.74, 6) is 1.02. The monoisotopic (exact) mass is 349 g/mol. The average Bonchev–Trinajstić information content (AvgIpc) is 3.07. The third-order valence-electron chi connectivity index (χ3n) is 6.05. The van der Waals surface area contributed by atoms with Crippen molar-refractivity contribution < 1.29 is 0 Å². The molecule has 0 bridgehead atoms. The van der Waals surface area contributed by atoms with Gasteiger partial charge >= 0.3 is 0 Å². The van der Waals surface area contributed by atoms with Gasteiger partial charge in [-0.2, -0.15) is 12.6 Å². The van der Waals surface area contributed by atoms with Crippen LogP contribution in [-0.2, 0) is 0 Å². The van der Waals surface area contributed by atoms with Crippen LogP contribution in [-0.4, -0.2) is 36.1 Å². The Balaban J connectivity index is 1.57. The van der Waals surface area contributed by atoms with Gasteiger partial charge in [-0.15, -0.1) is 0 Å². The van der Waals surface area contributed by atoms with Crippen LogP contribution >= 0.6 is 12.6 Å². The molecule has 3 unspecified atom stereocenters. The van der Waals surface area contributed by atoms with Gasteiger partial charge in [0.1, 0.15) is 0 Å². The van der Waals surface area contributed by atoms with Crippen LogP contribution in [0.15, 0.2) is 48.7 Å². The van der Waals surface area contributed by atoms with Gasteiger partial charge < -0.3 is 5.32 Å². The molecule has 3 aliphatic rings. The van der Waals surface area contributed by atoms with E-state index in [0.29, 0.717) is 17.9 Å². The van der Waals surface area contributed by atoms with Gasteiger partial charge in [-0.3, -0.25) is 9.88 Å². The summed E-state index contributed by atoms with van der Waals surface area (Å²) >= 11 is 4.93. The Kier molecular flexibility index (Phi) is 3.64. The minimum atomic E-state index is 0.129. The third-order valence-corrected chi connectivity index (χ3v) is 6.70. The molecule has 1 N–H and O–H groups in total. The van der Waals surface area contributed by atoms with Gasteiger partial charge in [0.05, 0.1) is 10.9 Å². The van der Waals surface area contributed by atoms with Crippen molar-refractivity contribution in [2.75, 3.05) is 25.5 Å². The summed E-state index contributed by atoms with van der Waals surface area (Å²) in [5, 5.41) is 3.72. The molecule has 3 heterocycles. The van der Waals surface area contributed by atoms with E-state index in [9.17, 15) is 0 Å². The van der Waals surface area contributed by atoms with Crippen LogP contribution in [0.2, 0.25) is 0 Å². The molecule has 2 aromatic rings. The highest BCUT2D eigenvalue weighted by Crippen LogP contribution is 2.49. The van der Waals surface area contributed by atoms with Gasteiger partial charge in [0.25, 0.3) is 0 Å². The van der Waals surface area contributed by atoms with E-state index in [0.717, 1.165) is 18.8 Å². The van der Waals surface area contributed by atoms with Crippen molar-refractivity contribution in [2.45, 2.75) is 23.6 Å². The van der Waals surface area contributed by atoms with E-state index < -0.39 is 0 Å². The summed E-state index contributed by atoms with van der Waals surface area (Å²) < 4.78 is 0. The molecule has 4 heteroatoms. The number of hydrogen-bond acceptors (Lipinski definition) is 4.